The van der Waals surface area contributed by atoms with Crippen molar-refractivity contribution in [1.82, 2.24) is 0 Å². The van der Waals surface area contributed by atoms with Crippen LogP contribution in [0.1, 0.15) is 65.2 Å². The van der Waals surface area contributed by atoms with Crippen LogP contribution < -0.4 is 0 Å². The zero-order valence-electron chi connectivity index (χ0n) is 15.5. The maximum absolute atomic E-state index is 12.3. The maximum Gasteiger partial charge on any atom is 0.221 e. The van der Waals surface area contributed by atoms with Crippen molar-refractivity contribution >= 4 is 11.6 Å². The second-order valence-electron chi connectivity index (χ2n) is 9.30. The van der Waals surface area contributed by atoms with Gasteiger partial charge in [0.05, 0.1) is 5.41 Å². The fourth-order valence-corrected chi connectivity index (χ4v) is 7.35. The average Bonchev–Trinajstić information content (AvgIpc) is 2.95. The summed E-state index contributed by atoms with van der Waals surface area (Å²) in [6.07, 6.45) is 10.1. The van der Waals surface area contributed by atoms with Gasteiger partial charge in [-0.3, -0.25) is 9.59 Å². The van der Waals surface area contributed by atoms with Gasteiger partial charge in [0.15, 0.2) is 0 Å². The number of hydrogen-bond acceptors (Lipinski definition) is 2. The Morgan fingerprint density at radius 2 is 2.08 bits per heavy atom. The molecule has 134 valence electrons. The first-order chi connectivity index (χ1) is 11.9. The molecule has 0 aromatic heterocycles. The maximum atomic E-state index is 12.3. The number of carbonyl (C=O) groups excluding carboxylic acids is 2. The van der Waals surface area contributed by atoms with Gasteiger partial charge in [0.1, 0.15) is 11.6 Å². The molecule has 3 nitrogen and oxygen atoms in total. The lowest BCUT2D eigenvalue weighted by Gasteiger charge is -2.56. The first-order valence-electron chi connectivity index (χ1n) is 9.97. The van der Waals surface area contributed by atoms with Gasteiger partial charge >= 0.3 is 0 Å². The SMILES string of the molecule is [C-]#[N+]C[C@]12CC[C@@H]3[C@@H](CC=C4CC(=O)CC[C@]43C)[C@@H]1CC[C@@H]2C(C)=O. The van der Waals surface area contributed by atoms with E-state index in [1.807, 2.05) is 0 Å². The van der Waals surface area contributed by atoms with E-state index in [4.69, 9.17) is 6.57 Å². The first kappa shape index (κ1) is 17.0. The van der Waals surface area contributed by atoms with Crippen molar-refractivity contribution < 1.29 is 9.59 Å². The summed E-state index contributed by atoms with van der Waals surface area (Å²) in [5.74, 6) is 2.54. The predicted octanol–water partition coefficient (Wildman–Crippen LogP) is 4.62. The van der Waals surface area contributed by atoms with Crippen LogP contribution in [0.4, 0.5) is 0 Å². The van der Waals surface area contributed by atoms with Crippen molar-refractivity contribution in [3.8, 4) is 0 Å². The van der Waals surface area contributed by atoms with Crippen LogP contribution in [-0.4, -0.2) is 18.1 Å². The van der Waals surface area contributed by atoms with Gasteiger partial charge in [-0.2, -0.15) is 0 Å². The Hall–Kier alpha value is -1.43. The van der Waals surface area contributed by atoms with E-state index in [0.29, 0.717) is 42.3 Å². The van der Waals surface area contributed by atoms with E-state index in [-0.39, 0.29) is 16.7 Å². The molecular formula is C22H29NO2. The Kier molecular flexibility index (Phi) is 3.94. The van der Waals surface area contributed by atoms with Crippen LogP contribution in [0.3, 0.4) is 0 Å². The molecule has 0 radical (unpaired) electrons. The standard InChI is InChI=1S/C22H29NO2/c1-14(24)18-6-7-20-17-5-4-15-12-16(25)8-10-21(15,2)19(17)9-11-22(18,20)13-23-3/h4,17-20H,5-13H2,1-2H3/t17-,18-,19-,20+,21-,22+/m1/s1. The minimum atomic E-state index is -0.0685. The zero-order valence-corrected chi connectivity index (χ0v) is 15.5. The molecule has 4 aliphatic carbocycles. The van der Waals surface area contributed by atoms with Crippen LogP contribution in [-0.2, 0) is 9.59 Å². The van der Waals surface area contributed by atoms with E-state index in [1.165, 1.54) is 5.57 Å². The molecule has 0 aliphatic heterocycles. The van der Waals surface area contributed by atoms with E-state index in [0.717, 1.165) is 44.9 Å². The monoisotopic (exact) mass is 339 g/mol. The number of fused-ring (bicyclic) bond motifs is 5. The topological polar surface area (TPSA) is 38.5 Å². The normalized spacial score (nSPS) is 45.6. The molecule has 3 heteroatoms. The molecule has 0 saturated heterocycles. The molecule has 3 saturated carbocycles. The van der Waals surface area contributed by atoms with Crippen molar-refractivity contribution in [2.45, 2.75) is 65.2 Å². The highest BCUT2D eigenvalue weighted by molar-refractivity contribution is 5.82. The Morgan fingerprint density at radius 3 is 2.80 bits per heavy atom. The van der Waals surface area contributed by atoms with Gasteiger partial charge in [0, 0.05) is 18.8 Å². The molecule has 0 unspecified atom stereocenters. The molecule has 0 N–H and O–H groups in total. The summed E-state index contributed by atoms with van der Waals surface area (Å²) >= 11 is 0. The lowest BCUT2D eigenvalue weighted by molar-refractivity contribution is -0.129. The van der Waals surface area contributed by atoms with E-state index < -0.39 is 0 Å². The number of allylic oxidation sites excluding steroid dienone is 2. The second kappa shape index (κ2) is 5.79. The van der Waals surface area contributed by atoms with E-state index in [2.05, 4.69) is 17.8 Å². The van der Waals surface area contributed by atoms with Crippen LogP contribution in [0.5, 0.6) is 0 Å². The highest BCUT2D eigenvalue weighted by Gasteiger charge is 2.62. The molecular weight excluding hydrogens is 310 g/mol. The molecule has 0 spiro atoms. The molecule has 4 rings (SSSR count). The molecule has 0 aromatic carbocycles. The molecule has 0 aromatic rings. The van der Waals surface area contributed by atoms with Crippen LogP contribution in [0.2, 0.25) is 0 Å². The van der Waals surface area contributed by atoms with Crippen LogP contribution in [0.25, 0.3) is 4.85 Å². The largest absolute Gasteiger partial charge is 0.316 e. The quantitative estimate of drug-likeness (QED) is 0.544. The van der Waals surface area contributed by atoms with Gasteiger partial charge in [-0.15, -0.1) is 0 Å². The third-order valence-corrected chi connectivity index (χ3v) is 8.52. The third-order valence-electron chi connectivity index (χ3n) is 8.52. The second-order valence-corrected chi connectivity index (χ2v) is 9.30. The minimum absolute atomic E-state index is 0.0685. The van der Waals surface area contributed by atoms with Crippen LogP contribution >= 0.6 is 0 Å². The predicted molar refractivity (Wildman–Crippen MR) is 96.7 cm³/mol. The number of rotatable bonds is 2. The molecule has 4 aliphatic rings. The Morgan fingerprint density at radius 1 is 1.28 bits per heavy atom. The number of nitrogens with zero attached hydrogens (tertiary/aromatic N) is 1. The van der Waals surface area contributed by atoms with Crippen molar-refractivity contribution in [3.05, 3.63) is 23.1 Å². The van der Waals surface area contributed by atoms with E-state index in [1.54, 1.807) is 6.92 Å². The van der Waals surface area contributed by atoms with Gasteiger partial charge in [0.25, 0.3) is 0 Å². The molecule has 0 amide bonds. The summed E-state index contributed by atoms with van der Waals surface area (Å²) in [5.41, 5.74) is 1.50. The summed E-state index contributed by atoms with van der Waals surface area (Å²) in [5, 5.41) is 0. The molecule has 6 atom stereocenters. The minimum Gasteiger partial charge on any atom is -0.316 e. The van der Waals surface area contributed by atoms with Crippen molar-refractivity contribution in [1.29, 1.82) is 0 Å². The third kappa shape index (κ3) is 2.29. The Bertz CT molecular complexity index is 687. The fourth-order valence-electron chi connectivity index (χ4n) is 7.35. The number of hydrogen-bond donors (Lipinski definition) is 0. The van der Waals surface area contributed by atoms with E-state index in [9.17, 15) is 9.59 Å². The van der Waals surface area contributed by atoms with Crippen molar-refractivity contribution in [2.24, 2.45) is 34.5 Å². The highest BCUT2D eigenvalue weighted by atomic mass is 16.1. The van der Waals surface area contributed by atoms with Gasteiger partial charge in [-0.1, -0.05) is 18.6 Å². The summed E-state index contributed by atoms with van der Waals surface area (Å²) in [4.78, 5) is 28.1. The molecule has 25 heavy (non-hydrogen) atoms. The van der Waals surface area contributed by atoms with Crippen LogP contribution in [0, 0.1) is 41.1 Å². The van der Waals surface area contributed by atoms with Gasteiger partial charge in [0.2, 0.25) is 6.54 Å². The van der Waals surface area contributed by atoms with Crippen molar-refractivity contribution in [2.75, 3.05) is 6.54 Å². The Labute approximate surface area is 151 Å². The summed E-state index contributed by atoms with van der Waals surface area (Å²) in [6, 6.07) is 0. The fraction of sp³-hybridized carbons (Fsp3) is 0.773. The van der Waals surface area contributed by atoms with Crippen LogP contribution in [0.15, 0.2) is 11.6 Å². The number of Topliss-reactive ketones (excluding diaryl/α,β-unsaturated/α-hetero) is 2. The molecule has 3 fully saturated rings. The van der Waals surface area contributed by atoms with Crippen molar-refractivity contribution in [3.63, 3.8) is 0 Å². The summed E-state index contributed by atoms with van der Waals surface area (Å²) in [6.45, 7) is 12.2. The van der Waals surface area contributed by atoms with Gasteiger partial charge in [-0.25, -0.2) is 6.57 Å². The first-order valence-corrected chi connectivity index (χ1v) is 9.97. The summed E-state index contributed by atoms with van der Waals surface area (Å²) < 4.78 is 0. The smallest absolute Gasteiger partial charge is 0.221 e. The number of ketones is 2. The lowest BCUT2D eigenvalue weighted by atomic mass is 9.47. The Balaban J connectivity index is 1.71. The average molecular weight is 339 g/mol. The highest BCUT2D eigenvalue weighted by Crippen LogP contribution is 2.66. The summed E-state index contributed by atoms with van der Waals surface area (Å²) in [7, 11) is 0. The molecule has 0 bridgehead atoms. The van der Waals surface area contributed by atoms with Gasteiger partial charge < -0.3 is 4.85 Å². The number of carbonyl (C=O) groups is 2. The zero-order chi connectivity index (χ0) is 17.8. The van der Waals surface area contributed by atoms with Gasteiger partial charge in [-0.05, 0) is 68.6 Å². The van der Waals surface area contributed by atoms with E-state index >= 15 is 0 Å². The molecule has 0 heterocycles. The lowest BCUT2D eigenvalue weighted by Crippen LogP contribution is -2.52.